The Bertz CT molecular complexity index is 414. The number of aliphatic hydroxyl groups excluding tert-OH is 1. The molecule has 7 heteroatoms. The number of halogens is 1. The second kappa shape index (κ2) is 7.49. The lowest BCUT2D eigenvalue weighted by atomic mass is 10.2. The van der Waals surface area contributed by atoms with Crippen LogP contribution < -0.4 is 5.32 Å². The van der Waals surface area contributed by atoms with Crippen molar-refractivity contribution in [3.8, 4) is 0 Å². The zero-order valence-corrected chi connectivity index (χ0v) is 12.1. The van der Waals surface area contributed by atoms with Gasteiger partial charge in [0.2, 0.25) is 0 Å². The van der Waals surface area contributed by atoms with Gasteiger partial charge in [0.1, 0.15) is 0 Å². The minimum Gasteiger partial charge on any atom is -0.394 e. The first-order chi connectivity index (χ1) is 8.58. The third-order valence-corrected chi connectivity index (χ3v) is 3.31. The van der Waals surface area contributed by atoms with E-state index in [0.717, 1.165) is 9.26 Å². The van der Waals surface area contributed by atoms with Crippen LogP contribution in [-0.4, -0.2) is 36.4 Å². The summed E-state index contributed by atoms with van der Waals surface area (Å²) >= 11 is 2.03. The Balaban J connectivity index is 2.74. The average molecular weight is 366 g/mol. The molecule has 1 aromatic rings. The fourth-order valence-corrected chi connectivity index (χ4v) is 2.08. The molecule has 2 N–H and O–H groups in total. The maximum atomic E-state index is 10.6. The van der Waals surface area contributed by atoms with E-state index in [0.29, 0.717) is 13.0 Å². The number of hydrogen-bond donors (Lipinski definition) is 2. The molecule has 1 atom stereocenters. The van der Waals surface area contributed by atoms with Crippen molar-refractivity contribution in [2.24, 2.45) is 0 Å². The van der Waals surface area contributed by atoms with Crippen LogP contribution in [0, 0.1) is 13.7 Å². The first-order valence-electron chi connectivity index (χ1n) is 5.38. The zero-order chi connectivity index (χ0) is 13.5. The van der Waals surface area contributed by atoms with Crippen LogP contribution in [0.3, 0.4) is 0 Å². The minimum absolute atomic E-state index is 0.0174. The Morgan fingerprint density at radius 3 is 2.83 bits per heavy atom. The highest BCUT2D eigenvalue weighted by molar-refractivity contribution is 14.1. The monoisotopic (exact) mass is 366 g/mol. The molecule has 1 rings (SSSR count). The van der Waals surface area contributed by atoms with Crippen LogP contribution in [0.25, 0.3) is 0 Å². The molecule has 0 aliphatic heterocycles. The van der Waals surface area contributed by atoms with Crippen LogP contribution in [0.5, 0.6) is 0 Å². The second-order valence-electron chi connectivity index (χ2n) is 3.73. The van der Waals surface area contributed by atoms with Crippen molar-refractivity contribution in [3.05, 3.63) is 31.9 Å². The number of nitro benzene ring substituents is 1. The first kappa shape index (κ1) is 15.1. The Kier molecular flexibility index (Phi) is 6.30. The van der Waals surface area contributed by atoms with E-state index in [-0.39, 0.29) is 18.3 Å². The number of benzene rings is 1. The number of nitrogens with zero attached hydrogens (tertiary/aromatic N) is 1. The van der Waals surface area contributed by atoms with Crippen LogP contribution in [0.15, 0.2) is 18.2 Å². The zero-order valence-electron chi connectivity index (χ0n) is 9.93. The van der Waals surface area contributed by atoms with Gasteiger partial charge in [0, 0.05) is 35.1 Å². The number of methoxy groups -OCH3 is 1. The van der Waals surface area contributed by atoms with Gasteiger partial charge < -0.3 is 15.2 Å². The van der Waals surface area contributed by atoms with Crippen LogP contribution in [0.1, 0.15) is 6.42 Å². The van der Waals surface area contributed by atoms with Crippen LogP contribution >= 0.6 is 22.6 Å². The minimum atomic E-state index is -0.430. The van der Waals surface area contributed by atoms with Gasteiger partial charge in [-0.1, -0.05) is 0 Å². The van der Waals surface area contributed by atoms with Crippen molar-refractivity contribution in [2.75, 3.05) is 25.6 Å². The topological polar surface area (TPSA) is 84.6 Å². The lowest BCUT2D eigenvalue weighted by Crippen LogP contribution is -2.25. The molecule has 0 amide bonds. The molecular weight excluding hydrogens is 351 g/mol. The smallest absolute Gasteiger partial charge is 0.270 e. The number of non-ortho nitro benzene ring substituents is 1. The number of ether oxygens (including phenoxy) is 1. The van der Waals surface area contributed by atoms with Gasteiger partial charge in [-0.2, -0.15) is 0 Å². The largest absolute Gasteiger partial charge is 0.394 e. The maximum Gasteiger partial charge on any atom is 0.270 e. The number of hydrogen-bond acceptors (Lipinski definition) is 5. The third kappa shape index (κ3) is 4.39. The molecule has 0 saturated carbocycles. The summed E-state index contributed by atoms with van der Waals surface area (Å²) in [4.78, 5) is 10.2. The standard InChI is InChI=1S/C11H15IN2O4/c1-18-5-4-8(7-15)13-11-3-2-9(14(16)17)6-10(11)12/h2-3,6,8,13,15H,4-5,7H2,1H3. The fraction of sp³-hybridized carbons (Fsp3) is 0.455. The van der Waals surface area contributed by atoms with Gasteiger partial charge in [-0.15, -0.1) is 0 Å². The lowest BCUT2D eigenvalue weighted by Gasteiger charge is -2.18. The summed E-state index contributed by atoms with van der Waals surface area (Å²) in [6, 6.07) is 4.46. The van der Waals surface area contributed by atoms with E-state index in [1.165, 1.54) is 12.1 Å². The van der Waals surface area contributed by atoms with Gasteiger partial charge >= 0.3 is 0 Å². The number of nitrogens with one attached hydrogen (secondary N) is 1. The highest BCUT2D eigenvalue weighted by atomic mass is 127. The molecule has 0 bridgehead atoms. The summed E-state index contributed by atoms with van der Waals surface area (Å²) in [7, 11) is 1.60. The Morgan fingerprint density at radius 2 is 2.33 bits per heavy atom. The molecule has 18 heavy (non-hydrogen) atoms. The van der Waals surface area contributed by atoms with E-state index >= 15 is 0 Å². The molecule has 0 spiro atoms. The summed E-state index contributed by atoms with van der Waals surface area (Å²) in [5.41, 5.74) is 0.832. The summed E-state index contributed by atoms with van der Waals surface area (Å²) in [6.45, 7) is 0.526. The molecule has 1 aromatic carbocycles. The van der Waals surface area contributed by atoms with E-state index in [2.05, 4.69) is 5.32 Å². The van der Waals surface area contributed by atoms with Crippen molar-refractivity contribution in [1.82, 2.24) is 0 Å². The summed E-state index contributed by atoms with van der Waals surface area (Å²) in [5.74, 6) is 0. The quantitative estimate of drug-likeness (QED) is 0.438. The highest BCUT2D eigenvalue weighted by Gasteiger charge is 2.12. The van der Waals surface area contributed by atoms with Crippen molar-refractivity contribution in [1.29, 1.82) is 0 Å². The molecule has 0 fully saturated rings. The predicted octanol–water partition coefficient (Wildman–Crippen LogP) is 2.01. The van der Waals surface area contributed by atoms with Crippen LogP contribution in [0.4, 0.5) is 11.4 Å². The van der Waals surface area contributed by atoms with E-state index in [4.69, 9.17) is 4.74 Å². The Labute approximate surface area is 119 Å². The van der Waals surface area contributed by atoms with E-state index < -0.39 is 4.92 Å². The van der Waals surface area contributed by atoms with E-state index in [9.17, 15) is 15.2 Å². The molecule has 0 aromatic heterocycles. The van der Waals surface area contributed by atoms with E-state index in [1.807, 2.05) is 22.6 Å². The van der Waals surface area contributed by atoms with Gasteiger partial charge in [-0.25, -0.2) is 0 Å². The molecule has 0 radical (unpaired) electrons. The highest BCUT2D eigenvalue weighted by Crippen LogP contribution is 2.24. The van der Waals surface area contributed by atoms with Gasteiger partial charge in [0.15, 0.2) is 0 Å². The van der Waals surface area contributed by atoms with E-state index in [1.54, 1.807) is 13.2 Å². The predicted molar refractivity (Wildman–Crippen MR) is 76.8 cm³/mol. The van der Waals surface area contributed by atoms with Gasteiger partial charge in [-0.3, -0.25) is 10.1 Å². The van der Waals surface area contributed by atoms with Crippen molar-refractivity contribution < 1.29 is 14.8 Å². The fourth-order valence-electron chi connectivity index (χ4n) is 1.42. The molecular formula is C11H15IN2O4. The number of nitro groups is 1. The van der Waals surface area contributed by atoms with Gasteiger partial charge in [0.25, 0.3) is 5.69 Å². The average Bonchev–Trinajstić information content (AvgIpc) is 2.35. The molecule has 0 aliphatic rings. The first-order valence-corrected chi connectivity index (χ1v) is 6.46. The number of anilines is 1. The summed E-state index contributed by atoms with van der Waals surface area (Å²) < 4.78 is 5.70. The Hall–Kier alpha value is -0.930. The van der Waals surface area contributed by atoms with Gasteiger partial charge in [-0.05, 0) is 35.1 Å². The normalized spacial score (nSPS) is 12.2. The third-order valence-electron chi connectivity index (χ3n) is 2.41. The number of rotatable bonds is 7. The summed E-state index contributed by atoms with van der Waals surface area (Å²) in [5, 5.41) is 23.0. The van der Waals surface area contributed by atoms with Crippen molar-refractivity contribution >= 4 is 34.0 Å². The number of aliphatic hydroxyl groups is 1. The summed E-state index contributed by atoms with van der Waals surface area (Å²) in [6.07, 6.45) is 0.667. The Morgan fingerprint density at radius 1 is 1.61 bits per heavy atom. The lowest BCUT2D eigenvalue weighted by molar-refractivity contribution is -0.384. The van der Waals surface area contributed by atoms with Gasteiger partial charge in [0.05, 0.1) is 17.6 Å². The SMILES string of the molecule is COCCC(CO)Nc1ccc([N+](=O)[O-])cc1I. The molecule has 100 valence electrons. The van der Waals surface area contributed by atoms with Crippen molar-refractivity contribution in [3.63, 3.8) is 0 Å². The van der Waals surface area contributed by atoms with Crippen LogP contribution in [-0.2, 0) is 4.74 Å². The molecule has 6 nitrogen and oxygen atoms in total. The maximum absolute atomic E-state index is 10.6. The molecule has 1 unspecified atom stereocenters. The molecule has 0 saturated heterocycles. The molecule has 0 heterocycles. The van der Waals surface area contributed by atoms with Crippen LogP contribution in [0.2, 0.25) is 0 Å². The van der Waals surface area contributed by atoms with Crippen molar-refractivity contribution in [2.45, 2.75) is 12.5 Å². The molecule has 0 aliphatic carbocycles. The second-order valence-corrected chi connectivity index (χ2v) is 4.89.